The van der Waals surface area contributed by atoms with E-state index >= 15 is 0 Å². The largest absolute Gasteiger partial charge is 0.393 e. The van der Waals surface area contributed by atoms with Gasteiger partial charge in [-0.3, -0.25) is 0 Å². The standard InChI is InChI=1S/C15H28N2O2/c18-14-7-6-13(10-14)11-17-15(19)16-9-8-12-4-2-1-3-5-12/h12-14,18H,1-11H2,(H2,16,17,19)/t13-,14+/m1/s1. The lowest BCUT2D eigenvalue weighted by Gasteiger charge is -2.21. The monoisotopic (exact) mass is 268 g/mol. The molecule has 0 aromatic heterocycles. The first-order valence-electron chi connectivity index (χ1n) is 7.94. The van der Waals surface area contributed by atoms with Gasteiger partial charge in [-0.25, -0.2) is 4.79 Å². The van der Waals surface area contributed by atoms with Gasteiger partial charge in [0.15, 0.2) is 0 Å². The molecule has 0 bridgehead atoms. The second-order valence-electron chi connectivity index (χ2n) is 6.26. The maximum atomic E-state index is 11.6. The second-order valence-corrected chi connectivity index (χ2v) is 6.26. The molecule has 4 nitrogen and oxygen atoms in total. The van der Waals surface area contributed by atoms with E-state index in [0.717, 1.165) is 38.1 Å². The van der Waals surface area contributed by atoms with Crippen LogP contribution in [0.25, 0.3) is 0 Å². The molecule has 2 rings (SSSR count). The van der Waals surface area contributed by atoms with Crippen LogP contribution in [0.1, 0.15) is 57.8 Å². The Morgan fingerprint density at radius 1 is 1.00 bits per heavy atom. The Labute approximate surface area is 116 Å². The van der Waals surface area contributed by atoms with Crippen molar-refractivity contribution in [3.63, 3.8) is 0 Å². The Morgan fingerprint density at radius 3 is 2.47 bits per heavy atom. The molecule has 0 unspecified atom stereocenters. The lowest BCUT2D eigenvalue weighted by molar-refractivity contribution is 0.177. The molecular formula is C15H28N2O2. The van der Waals surface area contributed by atoms with E-state index in [1.54, 1.807) is 0 Å². The molecule has 19 heavy (non-hydrogen) atoms. The molecule has 2 amide bonds. The Bertz CT molecular complexity index is 277. The molecule has 2 aliphatic carbocycles. The number of hydrogen-bond donors (Lipinski definition) is 3. The summed E-state index contributed by atoms with van der Waals surface area (Å²) >= 11 is 0. The van der Waals surface area contributed by atoms with Crippen LogP contribution in [0.3, 0.4) is 0 Å². The van der Waals surface area contributed by atoms with Crippen LogP contribution in [0.2, 0.25) is 0 Å². The predicted molar refractivity (Wildman–Crippen MR) is 75.9 cm³/mol. The van der Waals surface area contributed by atoms with Gasteiger partial charge in [-0.2, -0.15) is 0 Å². The zero-order valence-electron chi connectivity index (χ0n) is 11.9. The summed E-state index contributed by atoms with van der Waals surface area (Å²) in [5.74, 6) is 1.28. The average molecular weight is 268 g/mol. The fourth-order valence-corrected chi connectivity index (χ4v) is 3.40. The molecule has 0 aliphatic heterocycles. The molecular weight excluding hydrogens is 240 g/mol. The van der Waals surface area contributed by atoms with Crippen LogP contribution in [-0.2, 0) is 0 Å². The van der Waals surface area contributed by atoms with Gasteiger partial charge in [0.25, 0.3) is 0 Å². The molecule has 110 valence electrons. The molecule has 0 aromatic carbocycles. The Hall–Kier alpha value is -0.770. The predicted octanol–water partition coefficient (Wildman–Crippen LogP) is 2.42. The van der Waals surface area contributed by atoms with Crippen LogP contribution in [0.4, 0.5) is 4.79 Å². The van der Waals surface area contributed by atoms with Gasteiger partial charge in [0.1, 0.15) is 0 Å². The lowest BCUT2D eigenvalue weighted by atomic mass is 9.87. The van der Waals surface area contributed by atoms with Crippen molar-refractivity contribution in [2.75, 3.05) is 13.1 Å². The van der Waals surface area contributed by atoms with Gasteiger partial charge in [-0.05, 0) is 37.5 Å². The third-order valence-electron chi connectivity index (χ3n) is 4.63. The molecule has 2 fully saturated rings. The smallest absolute Gasteiger partial charge is 0.314 e. The van der Waals surface area contributed by atoms with Crippen molar-refractivity contribution < 1.29 is 9.90 Å². The number of aliphatic hydroxyl groups is 1. The van der Waals surface area contributed by atoms with Crippen LogP contribution in [-0.4, -0.2) is 30.3 Å². The SMILES string of the molecule is O=C(NCCC1CCCCC1)NC[C@@H]1CC[C@H](O)C1. The molecule has 0 radical (unpaired) electrons. The van der Waals surface area contributed by atoms with Crippen molar-refractivity contribution in [1.82, 2.24) is 10.6 Å². The van der Waals surface area contributed by atoms with Crippen LogP contribution in [0.15, 0.2) is 0 Å². The van der Waals surface area contributed by atoms with E-state index in [9.17, 15) is 9.90 Å². The summed E-state index contributed by atoms with van der Waals surface area (Å²) < 4.78 is 0. The lowest BCUT2D eigenvalue weighted by Crippen LogP contribution is -2.38. The number of carbonyl (C=O) groups excluding carboxylic acids is 1. The third-order valence-corrected chi connectivity index (χ3v) is 4.63. The minimum absolute atomic E-state index is 0.0443. The van der Waals surface area contributed by atoms with Crippen molar-refractivity contribution in [3.8, 4) is 0 Å². The summed E-state index contributed by atoms with van der Waals surface area (Å²) in [5.41, 5.74) is 0. The van der Waals surface area contributed by atoms with E-state index in [-0.39, 0.29) is 12.1 Å². The number of rotatable bonds is 5. The summed E-state index contributed by atoms with van der Waals surface area (Å²) in [4.78, 5) is 11.6. The molecule has 3 N–H and O–H groups in total. The summed E-state index contributed by atoms with van der Waals surface area (Å²) in [5, 5.41) is 15.3. The highest BCUT2D eigenvalue weighted by molar-refractivity contribution is 5.73. The van der Waals surface area contributed by atoms with Crippen molar-refractivity contribution >= 4 is 6.03 Å². The molecule has 0 heterocycles. The van der Waals surface area contributed by atoms with Crippen molar-refractivity contribution in [1.29, 1.82) is 0 Å². The number of urea groups is 1. The maximum absolute atomic E-state index is 11.6. The van der Waals surface area contributed by atoms with Crippen molar-refractivity contribution in [3.05, 3.63) is 0 Å². The molecule has 0 spiro atoms. The maximum Gasteiger partial charge on any atom is 0.314 e. The van der Waals surface area contributed by atoms with Gasteiger partial charge in [-0.15, -0.1) is 0 Å². The summed E-state index contributed by atoms with van der Waals surface area (Å²) in [6, 6.07) is -0.0443. The minimum Gasteiger partial charge on any atom is -0.393 e. The van der Waals surface area contributed by atoms with Crippen LogP contribution < -0.4 is 10.6 Å². The Kier molecular flexibility index (Phi) is 5.95. The zero-order valence-corrected chi connectivity index (χ0v) is 11.9. The van der Waals surface area contributed by atoms with Crippen LogP contribution in [0.5, 0.6) is 0 Å². The summed E-state index contributed by atoms with van der Waals surface area (Å²) in [6.07, 6.45) is 10.5. The van der Waals surface area contributed by atoms with E-state index in [1.165, 1.54) is 32.1 Å². The fourth-order valence-electron chi connectivity index (χ4n) is 3.40. The van der Waals surface area contributed by atoms with Gasteiger partial charge in [-0.1, -0.05) is 32.1 Å². The topological polar surface area (TPSA) is 61.4 Å². The van der Waals surface area contributed by atoms with Crippen LogP contribution in [0, 0.1) is 11.8 Å². The second kappa shape index (κ2) is 7.73. The van der Waals surface area contributed by atoms with Gasteiger partial charge in [0.05, 0.1) is 6.10 Å². The van der Waals surface area contributed by atoms with E-state index in [1.807, 2.05) is 0 Å². The average Bonchev–Trinajstić information content (AvgIpc) is 2.83. The highest BCUT2D eigenvalue weighted by atomic mass is 16.3. The molecule has 4 heteroatoms. The van der Waals surface area contributed by atoms with Crippen molar-refractivity contribution in [2.45, 2.75) is 63.9 Å². The first-order valence-corrected chi connectivity index (χ1v) is 7.94. The fraction of sp³-hybridized carbons (Fsp3) is 0.933. The quantitative estimate of drug-likeness (QED) is 0.717. The number of aliphatic hydroxyl groups excluding tert-OH is 1. The number of nitrogens with one attached hydrogen (secondary N) is 2. The highest BCUT2D eigenvalue weighted by Gasteiger charge is 2.22. The van der Waals surface area contributed by atoms with Gasteiger partial charge < -0.3 is 15.7 Å². The van der Waals surface area contributed by atoms with Crippen LogP contribution >= 0.6 is 0 Å². The number of carbonyl (C=O) groups is 1. The number of amides is 2. The Balaban J connectivity index is 1.49. The van der Waals surface area contributed by atoms with Gasteiger partial charge in [0.2, 0.25) is 0 Å². The van der Waals surface area contributed by atoms with Gasteiger partial charge >= 0.3 is 6.03 Å². The normalized spacial score (nSPS) is 28.3. The summed E-state index contributed by atoms with van der Waals surface area (Å²) in [6.45, 7) is 1.50. The molecule has 2 aliphatic rings. The number of hydrogen-bond acceptors (Lipinski definition) is 2. The molecule has 2 saturated carbocycles. The third kappa shape index (κ3) is 5.39. The Morgan fingerprint density at radius 2 is 1.79 bits per heavy atom. The molecule has 2 atom stereocenters. The molecule has 0 aromatic rings. The first-order chi connectivity index (χ1) is 9.24. The highest BCUT2D eigenvalue weighted by Crippen LogP contribution is 2.26. The van der Waals surface area contributed by atoms with E-state index in [4.69, 9.17) is 0 Å². The van der Waals surface area contributed by atoms with Crippen molar-refractivity contribution in [2.24, 2.45) is 11.8 Å². The first kappa shape index (κ1) is 14.6. The van der Waals surface area contributed by atoms with E-state index in [2.05, 4.69) is 10.6 Å². The summed E-state index contributed by atoms with van der Waals surface area (Å²) in [7, 11) is 0. The molecule has 0 saturated heterocycles. The van der Waals surface area contributed by atoms with E-state index < -0.39 is 0 Å². The van der Waals surface area contributed by atoms with E-state index in [0.29, 0.717) is 12.5 Å². The zero-order chi connectivity index (χ0) is 13.5. The van der Waals surface area contributed by atoms with Gasteiger partial charge in [0, 0.05) is 13.1 Å². The minimum atomic E-state index is -0.152.